The molecule has 0 radical (unpaired) electrons. The first-order valence-corrected chi connectivity index (χ1v) is 17.4. The molecule has 0 spiro atoms. The molecule has 0 aliphatic carbocycles. The Morgan fingerprint density at radius 3 is 1.84 bits per heavy atom. The number of fused-ring (bicyclic) bond motifs is 4. The van der Waals surface area contributed by atoms with Crippen LogP contribution in [0.1, 0.15) is 82.1 Å². The molecule has 6 aromatic rings. The number of pyridine rings is 2. The van der Waals surface area contributed by atoms with Crippen LogP contribution in [-0.4, -0.2) is 29.1 Å². The van der Waals surface area contributed by atoms with Gasteiger partial charge < -0.3 is 0 Å². The van der Waals surface area contributed by atoms with Crippen molar-refractivity contribution in [2.24, 2.45) is 10.8 Å². The summed E-state index contributed by atoms with van der Waals surface area (Å²) < 4.78 is 3.71. The molecule has 0 N–H and O–H groups in total. The summed E-state index contributed by atoms with van der Waals surface area (Å²) in [6.07, 6.45) is 9.17. The number of aromatic nitrogens is 6. The lowest BCUT2D eigenvalue weighted by atomic mass is 9.85. The fraction of sp³-hybridized carbons (Fsp3) is 0.349. The second kappa shape index (κ2) is 14.4. The van der Waals surface area contributed by atoms with Gasteiger partial charge in [-0.3, -0.25) is 23.7 Å². The summed E-state index contributed by atoms with van der Waals surface area (Å²) in [7, 11) is 0. The van der Waals surface area contributed by atoms with E-state index in [2.05, 4.69) is 61.6 Å². The molecule has 0 bridgehead atoms. The van der Waals surface area contributed by atoms with E-state index in [1.165, 1.54) is 5.56 Å². The first kappa shape index (κ1) is 35.4. The molecule has 8 heteroatoms. The topological polar surface area (TPSA) is 95.6 Å². The van der Waals surface area contributed by atoms with Crippen molar-refractivity contribution in [3.05, 3.63) is 140 Å². The van der Waals surface area contributed by atoms with Crippen LogP contribution in [0.2, 0.25) is 0 Å². The van der Waals surface area contributed by atoms with Crippen LogP contribution in [0.15, 0.2) is 94.8 Å². The number of nitrogens with zero attached hydrogens (tertiary/aromatic N) is 6. The third-order valence-corrected chi connectivity index (χ3v) is 9.75. The van der Waals surface area contributed by atoms with Gasteiger partial charge in [0.05, 0.1) is 21.8 Å². The molecule has 8 nitrogen and oxygen atoms in total. The second-order valence-corrected chi connectivity index (χ2v) is 15.0. The monoisotopic (exact) mass is 678 g/mol. The summed E-state index contributed by atoms with van der Waals surface area (Å²) in [4.78, 5) is 43.8. The van der Waals surface area contributed by atoms with Crippen molar-refractivity contribution in [2.45, 2.75) is 86.7 Å². The van der Waals surface area contributed by atoms with E-state index in [4.69, 9.17) is 9.97 Å². The quantitative estimate of drug-likeness (QED) is 0.182. The Morgan fingerprint density at radius 1 is 0.667 bits per heavy atom. The smallest absolute Gasteiger partial charge is 0.261 e. The minimum Gasteiger partial charge on any atom is -0.296 e. The molecule has 260 valence electrons. The van der Waals surface area contributed by atoms with Gasteiger partial charge in [0.1, 0.15) is 17.3 Å². The van der Waals surface area contributed by atoms with E-state index in [1.807, 2.05) is 76.0 Å². The van der Waals surface area contributed by atoms with Gasteiger partial charge in [-0.25, -0.2) is 15.0 Å². The van der Waals surface area contributed by atoms with Crippen LogP contribution < -0.4 is 11.1 Å². The van der Waals surface area contributed by atoms with Crippen LogP contribution in [0.5, 0.6) is 0 Å². The molecule has 8 rings (SSSR count). The minimum atomic E-state index is 0. The number of aryl methyl sites for hydroxylation is 4. The molecule has 0 fully saturated rings. The Bertz CT molecular complexity index is 2380. The molecule has 51 heavy (non-hydrogen) atoms. The van der Waals surface area contributed by atoms with Gasteiger partial charge in [-0.2, -0.15) is 0 Å². The van der Waals surface area contributed by atoms with Gasteiger partial charge in [-0.15, -0.1) is 0 Å². The van der Waals surface area contributed by atoms with Crippen LogP contribution in [0.25, 0.3) is 21.8 Å². The van der Waals surface area contributed by atoms with E-state index in [0.717, 1.165) is 96.6 Å². The number of rotatable bonds is 3. The molecule has 0 saturated carbocycles. The number of hydrogen-bond acceptors (Lipinski definition) is 6. The van der Waals surface area contributed by atoms with Gasteiger partial charge in [-0.1, -0.05) is 59.2 Å². The standard InChI is InChI=1S/C21H23N3O.C21H19N3O.CH4/c2*1-21(2)11-10-19-23-18-13-15(6-8-16-5-3-4-12-22-16)7-9-17(18)20(25)24(19)14-21;/h3-5,7,9,12-13H,6,8,10-11,14H2,1-2H3;3-5,7,9,12-13H,10-11,14H2,1-2H3;1H4. The SMILES string of the molecule is C.CC1(C)CCc2nc3cc(C#Cc4ccccn4)ccc3c(=O)n2C1.CC1(C)CCc2nc3cc(CCc4ccccn4)ccc3c(=O)n2C1. The van der Waals surface area contributed by atoms with Crippen LogP contribution in [0.4, 0.5) is 0 Å². The molecule has 2 aromatic carbocycles. The van der Waals surface area contributed by atoms with Crippen molar-refractivity contribution in [2.75, 3.05) is 0 Å². The lowest BCUT2D eigenvalue weighted by Crippen LogP contribution is -2.36. The zero-order chi connectivity index (χ0) is 34.9. The lowest BCUT2D eigenvalue weighted by Gasteiger charge is -2.31. The second-order valence-electron chi connectivity index (χ2n) is 15.0. The predicted molar refractivity (Wildman–Crippen MR) is 205 cm³/mol. The first-order chi connectivity index (χ1) is 24.0. The Labute approximate surface area is 299 Å². The van der Waals surface area contributed by atoms with Gasteiger partial charge in [0.25, 0.3) is 11.1 Å². The molecule has 0 atom stereocenters. The Balaban J connectivity index is 0.000000172. The summed E-state index contributed by atoms with van der Waals surface area (Å²) in [5, 5.41) is 1.38. The van der Waals surface area contributed by atoms with Crippen LogP contribution in [0.3, 0.4) is 0 Å². The molecular formula is C43H46N6O2. The molecule has 0 saturated heterocycles. The van der Waals surface area contributed by atoms with Crippen molar-refractivity contribution < 1.29 is 0 Å². The van der Waals surface area contributed by atoms with Crippen LogP contribution in [-0.2, 0) is 38.8 Å². The Morgan fingerprint density at radius 2 is 1.25 bits per heavy atom. The largest absolute Gasteiger partial charge is 0.296 e. The highest BCUT2D eigenvalue weighted by molar-refractivity contribution is 5.80. The van der Waals surface area contributed by atoms with Crippen molar-refractivity contribution in [1.82, 2.24) is 29.1 Å². The van der Waals surface area contributed by atoms with E-state index >= 15 is 0 Å². The highest BCUT2D eigenvalue weighted by Gasteiger charge is 2.28. The van der Waals surface area contributed by atoms with Crippen molar-refractivity contribution in [3.63, 3.8) is 0 Å². The maximum Gasteiger partial charge on any atom is 0.261 e. The van der Waals surface area contributed by atoms with Crippen LogP contribution in [0, 0.1) is 22.7 Å². The maximum absolute atomic E-state index is 12.9. The fourth-order valence-corrected chi connectivity index (χ4v) is 6.83. The zero-order valence-electron chi connectivity index (χ0n) is 29.2. The maximum atomic E-state index is 12.9. The molecule has 0 unspecified atom stereocenters. The highest BCUT2D eigenvalue weighted by atomic mass is 16.1. The van der Waals surface area contributed by atoms with Gasteiger partial charge in [-0.05, 0) is 103 Å². The first-order valence-electron chi connectivity index (χ1n) is 17.4. The highest BCUT2D eigenvalue weighted by Crippen LogP contribution is 2.30. The molecule has 6 heterocycles. The Hall–Kier alpha value is -5.42. The average Bonchev–Trinajstić information content (AvgIpc) is 3.11. The summed E-state index contributed by atoms with van der Waals surface area (Å²) in [5.41, 5.74) is 5.86. The normalized spacial score (nSPS) is 15.3. The van der Waals surface area contributed by atoms with Gasteiger partial charge in [0.15, 0.2) is 0 Å². The van der Waals surface area contributed by atoms with E-state index in [9.17, 15) is 9.59 Å². The average molecular weight is 679 g/mol. The number of hydrogen-bond donors (Lipinski definition) is 0. The molecular weight excluding hydrogens is 633 g/mol. The zero-order valence-corrected chi connectivity index (χ0v) is 29.2. The third kappa shape index (κ3) is 7.99. The fourth-order valence-electron chi connectivity index (χ4n) is 6.83. The summed E-state index contributed by atoms with van der Waals surface area (Å²) in [5.74, 6) is 7.96. The van der Waals surface area contributed by atoms with Gasteiger partial charge in [0, 0.05) is 49.6 Å². The molecule has 4 aromatic heterocycles. The van der Waals surface area contributed by atoms with E-state index in [1.54, 1.807) is 6.20 Å². The van der Waals surface area contributed by atoms with Gasteiger partial charge in [0.2, 0.25) is 0 Å². The van der Waals surface area contributed by atoms with Crippen molar-refractivity contribution in [1.29, 1.82) is 0 Å². The summed E-state index contributed by atoms with van der Waals surface area (Å²) >= 11 is 0. The predicted octanol–water partition coefficient (Wildman–Crippen LogP) is 7.35. The molecule has 0 amide bonds. The molecule has 2 aliphatic rings. The minimum absolute atomic E-state index is 0. The van der Waals surface area contributed by atoms with Crippen LogP contribution >= 0.6 is 0 Å². The van der Waals surface area contributed by atoms with E-state index in [0.29, 0.717) is 5.39 Å². The van der Waals surface area contributed by atoms with Crippen molar-refractivity contribution >= 4 is 21.8 Å². The molecule has 2 aliphatic heterocycles. The Kier molecular flexibility index (Phi) is 10.0. The summed E-state index contributed by atoms with van der Waals surface area (Å²) in [6.45, 7) is 10.3. The third-order valence-electron chi connectivity index (χ3n) is 9.75. The number of benzene rings is 2. The van der Waals surface area contributed by atoms with E-state index < -0.39 is 0 Å². The summed E-state index contributed by atoms with van der Waals surface area (Å²) in [6, 6.07) is 23.3. The van der Waals surface area contributed by atoms with E-state index in [-0.39, 0.29) is 29.4 Å². The van der Waals surface area contributed by atoms with Crippen molar-refractivity contribution in [3.8, 4) is 11.8 Å². The lowest BCUT2D eigenvalue weighted by molar-refractivity contribution is 0.240. The van der Waals surface area contributed by atoms with Gasteiger partial charge >= 0.3 is 0 Å².